The number of hydrogen-bond acceptors (Lipinski definition) is 1. The maximum atomic E-state index is 11.5. The topological polar surface area (TPSA) is 37.3 Å². The van der Waals surface area contributed by atoms with Gasteiger partial charge in [0.25, 0.3) is 0 Å². The third kappa shape index (κ3) is 4.63. The second kappa shape index (κ2) is 7.17. The van der Waals surface area contributed by atoms with Crippen molar-refractivity contribution in [3.63, 3.8) is 0 Å². The molecule has 21 heavy (non-hydrogen) atoms. The molecule has 0 bridgehead atoms. The Balaban J connectivity index is 2.17. The van der Waals surface area contributed by atoms with E-state index in [9.17, 15) is 9.90 Å². The Morgan fingerprint density at radius 3 is 2.19 bits per heavy atom. The zero-order valence-corrected chi connectivity index (χ0v) is 13.3. The molecule has 0 spiro atoms. The molecule has 0 radical (unpaired) electrons. The maximum Gasteiger partial charge on any atom is 0.307 e. The van der Waals surface area contributed by atoms with Crippen molar-refractivity contribution in [2.45, 2.75) is 12.8 Å². The van der Waals surface area contributed by atoms with Crippen LogP contribution in [0.15, 0.2) is 42.5 Å². The van der Waals surface area contributed by atoms with E-state index in [1.54, 1.807) is 30.3 Å². The average Bonchev–Trinajstić information content (AvgIpc) is 2.44. The SMILES string of the molecule is O=C(O)C(Cc1ccc(Cl)cc1)Cc1cc(Cl)ccc1Cl. The molecule has 0 saturated carbocycles. The van der Waals surface area contributed by atoms with E-state index >= 15 is 0 Å². The van der Waals surface area contributed by atoms with Crippen LogP contribution in [0.3, 0.4) is 0 Å². The number of hydrogen-bond donors (Lipinski definition) is 1. The summed E-state index contributed by atoms with van der Waals surface area (Å²) in [5.41, 5.74) is 1.66. The van der Waals surface area contributed by atoms with Gasteiger partial charge in [-0.1, -0.05) is 46.9 Å². The van der Waals surface area contributed by atoms with Crippen LogP contribution in [0, 0.1) is 5.92 Å². The van der Waals surface area contributed by atoms with E-state index in [0.29, 0.717) is 27.9 Å². The molecule has 2 aromatic carbocycles. The molecule has 0 aliphatic rings. The lowest BCUT2D eigenvalue weighted by molar-refractivity contribution is -0.141. The van der Waals surface area contributed by atoms with Gasteiger partial charge in [-0.3, -0.25) is 4.79 Å². The van der Waals surface area contributed by atoms with E-state index in [0.717, 1.165) is 11.1 Å². The van der Waals surface area contributed by atoms with Gasteiger partial charge >= 0.3 is 5.97 Å². The monoisotopic (exact) mass is 342 g/mol. The zero-order valence-electron chi connectivity index (χ0n) is 11.0. The third-order valence-electron chi connectivity index (χ3n) is 3.22. The molecule has 0 aliphatic heterocycles. The molecular weight excluding hydrogens is 331 g/mol. The van der Waals surface area contributed by atoms with Gasteiger partial charge in [0.2, 0.25) is 0 Å². The molecular formula is C16H13Cl3O2. The molecule has 0 aromatic heterocycles. The minimum absolute atomic E-state index is 0.331. The quantitative estimate of drug-likeness (QED) is 0.817. The zero-order chi connectivity index (χ0) is 15.4. The highest BCUT2D eigenvalue weighted by atomic mass is 35.5. The predicted octanol–water partition coefficient (Wildman–Crippen LogP) is 5.13. The highest BCUT2D eigenvalue weighted by molar-refractivity contribution is 6.33. The minimum Gasteiger partial charge on any atom is -0.481 e. The van der Waals surface area contributed by atoms with Crippen molar-refractivity contribution in [2.75, 3.05) is 0 Å². The highest BCUT2D eigenvalue weighted by Crippen LogP contribution is 2.25. The van der Waals surface area contributed by atoms with Crippen LogP contribution in [-0.2, 0) is 17.6 Å². The second-order valence-electron chi connectivity index (χ2n) is 4.81. The third-order valence-corrected chi connectivity index (χ3v) is 4.07. The standard InChI is InChI=1S/C16H13Cl3O2/c17-13-3-1-10(2-4-13)7-12(16(20)21)8-11-9-14(18)5-6-15(11)19/h1-6,9,12H,7-8H2,(H,20,21). The lowest BCUT2D eigenvalue weighted by Crippen LogP contribution is -2.19. The van der Waals surface area contributed by atoms with Crippen molar-refractivity contribution in [3.05, 3.63) is 68.7 Å². The Kier molecular flexibility index (Phi) is 5.51. The first-order valence-corrected chi connectivity index (χ1v) is 7.50. The van der Waals surface area contributed by atoms with Crippen LogP contribution in [0.2, 0.25) is 15.1 Å². The number of aliphatic carboxylic acids is 1. The van der Waals surface area contributed by atoms with Gasteiger partial charge in [-0.15, -0.1) is 0 Å². The Bertz CT molecular complexity index is 638. The van der Waals surface area contributed by atoms with Crippen molar-refractivity contribution in [1.82, 2.24) is 0 Å². The first-order chi connectivity index (χ1) is 9.95. The normalized spacial score (nSPS) is 12.1. The van der Waals surface area contributed by atoms with E-state index < -0.39 is 11.9 Å². The van der Waals surface area contributed by atoms with Gasteiger partial charge in [0.05, 0.1) is 5.92 Å². The molecule has 0 fully saturated rings. The van der Waals surface area contributed by atoms with Crippen LogP contribution in [-0.4, -0.2) is 11.1 Å². The molecule has 1 atom stereocenters. The van der Waals surface area contributed by atoms with Crippen LogP contribution < -0.4 is 0 Å². The van der Waals surface area contributed by atoms with Crippen molar-refractivity contribution in [2.24, 2.45) is 5.92 Å². The number of carboxylic acid groups (broad SMARTS) is 1. The first-order valence-electron chi connectivity index (χ1n) is 6.37. The van der Waals surface area contributed by atoms with Crippen molar-refractivity contribution in [3.8, 4) is 0 Å². The average molecular weight is 344 g/mol. The number of benzene rings is 2. The largest absolute Gasteiger partial charge is 0.481 e. The molecule has 1 N–H and O–H groups in total. The van der Waals surface area contributed by atoms with Gasteiger partial charge in [0.1, 0.15) is 0 Å². The predicted molar refractivity (Wildman–Crippen MR) is 86.4 cm³/mol. The van der Waals surface area contributed by atoms with Gasteiger partial charge in [-0.05, 0) is 54.3 Å². The minimum atomic E-state index is -0.860. The molecule has 0 saturated heterocycles. The number of halogens is 3. The number of carboxylic acids is 1. The van der Waals surface area contributed by atoms with Crippen LogP contribution in [0.4, 0.5) is 0 Å². The summed E-state index contributed by atoms with van der Waals surface area (Å²) in [5.74, 6) is -1.43. The van der Waals surface area contributed by atoms with Gasteiger partial charge in [0, 0.05) is 15.1 Å². The lowest BCUT2D eigenvalue weighted by atomic mass is 9.92. The van der Waals surface area contributed by atoms with Gasteiger partial charge in [-0.25, -0.2) is 0 Å². The fourth-order valence-corrected chi connectivity index (χ4v) is 2.63. The molecule has 2 rings (SSSR count). The Morgan fingerprint density at radius 1 is 0.952 bits per heavy atom. The molecule has 1 unspecified atom stereocenters. The molecule has 110 valence electrons. The highest BCUT2D eigenvalue weighted by Gasteiger charge is 2.20. The summed E-state index contributed by atoms with van der Waals surface area (Å²) < 4.78 is 0. The van der Waals surface area contributed by atoms with E-state index in [1.165, 1.54) is 0 Å². The summed E-state index contributed by atoms with van der Waals surface area (Å²) in [6.07, 6.45) is 0.743. The van der Waals surface area contributed by atoms with Gasteiger partial charge < -0.3 is 5.11 Å². The Morgan fingerprint density at radius 2 is 1.57 bits per heavy atom. The summed E-state index contributed by atoms with van der Waals surface area (Å²) in [6, 6.07) is 12.2. The van der Waals surface area contributed by atoms with Crippen LogP contribution in [0.5, 0.6) is 0 Å². The van der Waals surface area contributed by atoms with Crippen molar-refractivity contribution >= 4 is 40.8 Å². The number of rotatable bonds is 5. The molecule has 0 heterocycles. The van der Waals surface area contributed by atoms with Crippen LogP contribution in [0.1, 0.15) is 11.1 Å². The first kappa shape index (κ1) is 16.2. The molecule has 0 aliphatic carbocycles. The van der Waals surface area contributed by atoms with Crippen LogP contribution >= 0.6 is 34.8 Å². The molecule has 2 aromatic rings. The van der Waals surface area contributed by atoms with E-state index in [4.69, 9.17) is 34.8 Å². The smallest absolute Gasteiger partial charge is 0.307 e. The van der Waals surface area contributed by atoms with E-state index in [-0.39, 0.29) is 0 Å². The number of carbonyl (C=O) groups is 1. The molecule has 2 nitrogen and oxygen atoms in total. The summed E-state index contributed by atoms with van der Waals surface area (Å²) >= 11 is 17.9. The summed E-state index contributed by atoms with van der Waals surface area (Å²) in [5, 5.41) is 11.1. The summed E-state index contributed by atoms with van der Waals surface area (Å²) in [7, 11) is 0. The van der Waals surface area contributed by atoms with Gasteiger partial charge in [-0.2, -0.15) is 0 Å². The van der Waals surface area contributed by atoms with Crippen LogP contribution in [0.25, 0.3) is 0 Å². The van der Waals surface area contributed by atoms with E-state index in [2.05, 4.69) is 0 Å². The Labute approximate surface area is 138 Å². The van der Waals surface area contributed by atoms with Crippen molar-refractivity contribution in [1.29, 1.82) is 0 Å². The van der Waals surface area contributed by atoms with Crippen molar-refractivity contribution < 1.29 is 9.90 Å². The summed E-state index contributed by atoms with van der Waals surface area (Å²) in [4.78, 5) is 11.5. The second-order valence-corrected chi connectivity index (χ2v) is 6.09. The maximum absolute atomic E-state index is 11.5. The fraction of sp³-hybridized carbons (Fsp3) is 0.188. The lowest BCUT2D eigenvalue weighted by Gasteiger charge is -2.14. The fourth-order valence-electron chi connectivity index (χ4n) is 2.12. The molecule has 5 heteroatoms. The van der Waals surface area contributed by atoms with Gasteiger partial charge in [0.15, 0.2) is 0 Å². The Hall–Kier alpha value is -1.22. The summed E-state index contributed by atoms with van der Waals surface area (Å²) in [6.45, 7) is 0. The molecule has 0 amide bonds. The van der Waals surface area contributed by atoms with E-state index in [1.807, 2.05) is 12.1 Å².